The number of aryl methyl sites for hydroxylation is 3. The van der Waals surface area contributed by atoms with Gasteiger partial charge in [-0.05, 0) is 93.7 Å². The lowest BCUT2D eigenvalue weighted by atomic mass is 9.49. The minimum absolute atomic E-state index is 0. The van der Waals surface area contributed by atoms with Gasteiger partial charge in [0.2, 0.25) is 5.91 Å². The molecular formula is C26H33ClN4OS. The second kappa shape index (κ2) is 8.70. The van der Waals surface area contributed by atoms with Crippen LogP contribution >= 0.6 is 23.7 Å². The number of aromatic nitrogens is 3. The van der Waals surface area contributed by atoms with Gasteiger partial charge in [-0.25, -0.2) is 9.97 Å². The number of fused-ring (bicyclic) bond motifs is 1. The SMILES string of the molecule is Cc1ccc2sc(N(CCCn3ccnc3)C(=O)C34CC5CC(CC(C5)C3)C4)nc2c1C.Cl. The number of thiazole rings is 1. The summed E-state index contributed by atoms with van der Waals surface area (Å²) in [6.45, 7) is 5.87. The Bertz CT molecular complexity index is 1120. The highest BCUT2D eigenvalue weighted by atomic mass is 35.5. The predicted molar refractivity (Wildman–Crippen MR) is 136 cm³/mol. The molecule has 2 aromatic heterocycles. The van der Waals surface area contributed by atoms with Crippen molar-refractivity contribution in [3.63, 3.8) is 0 Å². The summed E-state index contributed by atoms with van der Waals surface area (Å²) < 4.78 is 3.28. The molecule has 4 bridgehead atoms. The van der Waals surface area contributed by atoms with Gasteiger partial charge in [-0.15, -0.1) is 12.4 Å². The molecule has 4 aliphatic rings. The van der Waals surface area contributed by atoms with Crippen molar-refractivity contribution >= 4 is 45.0 Å². The Hall–Kier alpha value is -1.92. The van der Waals surface area contributed by atoms with Crippen LogP contribution < -0.4 is 4.90 Å². The Labute approximate surface area is 206 Å². The number of carbonyl (C=O) groups is 1. The summed E-state index contributed by atoms with van der Waals surface area (Å²) in [5.41, 5.74) is 3.40. The summed E-state index contributed by atoms with van der Waals surface area (Å²) in [7, 11) is 0. The van der Waals surface area contributed by atoms with Crippen LogP contribution in [0.5, 0.6) is 0 Å². The highest BCUT2D eigenvalue weighted by Crippen LogP contribution is 2.60. The lowest BCUT2D eigenvalue weighted by molar-refractivity contribution is -0.143. The number of imidazole rings is 1. The van der Waals surface area contributed by atoms with Crippen molar-refractivity contribution in [3.05, 3.63) is 42.0 Å². The van der Waals surface area contributed by atoms with Crippen LogP contribution in [0.2, 0.25) is 0 Å². The molecule has 1 amide bonds. The molecule has 4 aliphatic carbocycles. The molecule has 0 N–H and O–H groups in total. The minimum Gasteiger partial charge on any atom is -0.337 e. The number of amides is 1. The first-order valence-electron chi connectivity index (χ1n) is 12.2. The molecular weight excluding hydrogens is 452 g/mol. The summed E-state index contributed by atoms with van der Waals surface area (Å²) in [4.78, 5) is 25.6. The maximum absolute atomic E-state index is 14.3. The molecule has 4 fully saturated rings. The Morgan fingerprint density at radius 2 is 1.85 bits per heavy atom. The zero-order valence-electron chi connectivity index (χ0n) is 19.5. The minimum atomic E-state index is -0.146. The average molecular weight is 485 g/mol. The number of halogens is 1. The predicted octanol–water partition coefficient (Wildman–Crippen LogP) is 6.17. The number of hydrogen-bond acceptors (Lipinski definition) is 4. The van der Waals surface area contributed by atoms with E-state index < -0.39 is 0 Å². The van der Waals surface area contributed by atoms with Crippen molar-refractivity contribution in [2.24, 2.45) is 23.2 Å². The first-order chi connectivity index (χ1) is 15.5. The normalized spacial score (nSPS) is 27.6. The quantitative estimate of drug-likeness (QED) is 0.420. The summed E-state index contributed by atoms with van der Waals surface area (Å²) in [5.74, 6) is 2.64. The number of anilines is 1. The maximum Gasteiger partial charge on any atom is 0.235 e. The average Bonchev–Trinajstić information content (AvgIpc) is 3.43. The van der Waals surface area contributed by atoms with Gasteiger partial charge >= 0.3 is 0 Å². The molecule has 0 aliphatic heterocycles. The fraction of sp³-hybridized carbons (Fsp3) is 0.577. The van der Waals surface area contributed by atoms with Gasteiger partial charge in [-0.2, -0.15) is 0 Å². The first-order valence-corrected chi connectivity index (χ1v) is 13.0. The van der Waals surface area contributed by atoms with Crippen LogP contribution in [0.4, 0.5) is 5.13 Å². The number of hydrogen-bond donors (Lipinski definition) is 0. The smallest absolute Gasteiger partial charge is 0.235 e. The summed E-state index contributed by atoms with van der Waals surface area (Å²) >= 11 is 1.68. The largest absolute Gasteiger partial charge is 0.337 e. The topological polar surface area (TPSA) is 51.0 Å². The molecule has 0 saturated heterocycles. The second-order valence-corrected chi connectivity index (χ2v) is 11.7. The monoisotopic (exact) mass is 484 g/mol. The zero-order chi connectivity index (χ0) is 21.9. The van der Waals surface area contributed by atoms with E-state index in [9.17, 15) is 4.79 Å². The Morgan fingerprint density at radius 3 is 2.48 bits per heavy atom. The van der Waals surface area contributed by atoms with Crippen LogP contribution in [0, 0.1) is 37.0 Å². The third-order valence-electron chi connectivity index (χ3n) is 8.40. The molecule has 176 valence electrons. The molecule has 4 saturated carbocycles. The van der Waals surface area contributed by atoms with Gasteiger partial charge in [0.25, 0.3) is 0 Å². The number of nitrogens with zero attached hydrogens (tertiary/aromatic N) is 4. The van der Waals surface area contributed by atoms with Gasteiger partial charge in [0, 0.05) is 25.5 Å². The van der Waals surface area contributed by atoms with Crippen molar-refractivity contribution in [2.75, 3.05) is 11.4 Å². The van der Waals surface area contributed by atoms with Crippen molar-refractivity contribution in [1.82, 2.24) is 14.5 Å². The van der Waals surface area contributed by atoms with E-state index in [4.69, 9.17) is 4.98 Å². The van der Waals surface area contributed by atoms with E-state index in [0.717, 1.165) is 67.2 Å². The van der Waals surface area contributed by atoms with Crippen LogP contribution in [0.1, 0.15) is 56.1 Å². The third kappa shape index (κ3) is 3.99. The Morgan fingerprint density at radius 1 is 1.15 bits per heavy atom. The van der Waals surface area contributed by atoms with Crippen molar-refractivity contribution < 1.29 is 4.79 Å². The van der Waals surface area contributed by atoms with Gasteiger partial charge in [-0.3, -0.25) is 9.69 Å². The van der Waals surface area contributed by atoms with E-state index in [-0.39, 0.29) is 17.8 Å². The van der Waals surface area contributed by atoms with Gasteiger partial charge in [-0.1, -0.05) is 17.4 Å². The summed E-state index contributed by atoms with van der Waals surface area (Å²) in [6.07, 6.45) is 13.9. The highest BCUT2D eigenvalue weighted by Gasteiger charge is 2.55. The molecule has 5 nitrogen and oxygen atoms in total. The van der Waals surface area contributed by atoms with Crippen molar-refractivity contribution in [1.29, 1.82) is 0 Å². The lowest BCUT2D eigenvalue weighted by Crippen LogP contribution is -2.55. The molecule has 2 heterocycles. The van der Waals surface area contributed by atoms with Crippen LogP contribution in [-0.2, 0) is 11.3 Å². The third-order valence-corrected chi connectivity index (χ3v) is 9.44. The molecule has 1 aromatic carbocycles. The van der Waals surface area contributed by atoms with E-state index in [1.165, 1.54) is 35.1 Å². The van der Waals surface area contributed by atoms with Gasteiger partial charge in [0.1, 0.15) is 0 Å². The molecule has 0 unspecified atom stereocenters. The van der Waals surface area contributed by atoms with Crippen LogP contribution in [-0.4, -0.2) is 27.0 Å². The molecule has 3 aromatic rings. The number of carbonyl (C=O) groups excluding carboxylic acids is 1. The van der Waals surface area contributed by atoms with Crippen molar-refractivity contribution in [3.8, 4) is 0 Å². The van der Waals surface area contributed by atoms with Crippen LogP contribution in [0.25, 0.3) is 10.2 Å². The zero-order valence-corrected chi connectivity index (χ0v) is 21.1. The molecule has 7 rings (SSSR count). The van der Waals surface area contributed by atoms with Crippen LogP contribution in [0.15, 0.2) is 30.9 Å². The molecule has 0 spiro atoms. The second-order valence-electron chi connectivity index (χ2n) is 10.7. The molecule has 7 heteroatoms. The van der Waals surface area contributed by atoms with Crippen LogP contribution in [0.3, 0.4) is 0 Å². The van der Waals surface area contributed by atoms with E-state index in [1.54, 1.807) is 11.3 Å². The number of rotatable bonds is 6. The molecule has 33 heavy (non-hydrogen) atoms. The summed E-state index contributed by atoms with van der Waals surface area (Å²) in [5, 5.41) is 0.889. The van der Waals surface area contributed by atoms with E-state index in [0.29, 0.717) is 5.91 Å². The Kier molecular flexibility index (Phi) is 6.02. The fourth-order valence-corrected chi connectivity index (χ4v) is 8.15. The lowest BCUT2D eigenvalue weighted by Gasteiger charge is -2.56. The van der Waals surface area contributed by atoms with Crippen molar-refractivity contribution in [2.45, 2.75) is 65.3 Å². The Balaban J connectivity index is 0.00000228. The highest BCUT2D eigenvalue weighted by molar-refractivity contribution is 7.22. The maximum atomic E-state index is 14.3. The van der Waals surface area contributed by atoms with E-state index in [2.05, 4.69) is 40.4 Å². The first kappa shape index (κ1) is 22.9. The van der Waals surface area contributed by atoms with Gasteiger partial charge in [0.05, 0.1) is 22.0 Å². The molecule has 0 atom stereocenters. The number of benzene rings is 1. The fourth-order valence-electron chi connectivity index (χ4n) is 7.10. The standard InChI is InChI=1S/C26H32N4OS.ClH/c1-17-4-5-22-23(18(17)2)28-25(32-22)30(8-3-7-29-9-6-27-16-29)24(31)26-13-19-10-20(14-26)12-21(11-19)15-26;/h4-6,9,16,19-21H,3,7-8,10-15H2,1-2H3;1H. The van der Waals surface area contributed by atoms with E-state index >= 15 is 0 Å². The van der Waals surface area contributed by atoms with Gasteiger partial charge < -0.3 is 4.57 Å². The molecule has 0 radical (unpaired) electrons. The summed E-state index contributed by atoms with van der Waals surface area (Å²) in [6, 6.07) is 4.33. The van der Waals surface area contributed by atoms with Gasteiger partial charge in [0.15, 0.2) is 5.13 Å². The van der Waals surface area contributed by atoms with E-state index in [1.807, 2.05) is 18.7 Å².